The van der Waals surface area contributed by atoms with E-state index in [4.69, 9.17) is 11.1 Å². The van der Waals surface area contributed by atoms with Crippen LogP contribution in [-0.2, 0) is 13.0 Å². The van der Waals surface area contributed by atoms with Crippen molar-refractivity contribution < 1.29 is 4.39 Å². The Hall–Kier alpha value is -1.68. The van der Waals surface area contributed by atoms with E-state index < -0.39 is 0 Å². The molecule has 1 heterocycles. The Morgan fingerprint density at radius 3 is 2.94 bits per heavy atom. The molecule has 2 rings (SSSR count). The lowest BCUT2D eigenvalue weighted by molar-refractivity contribution is 0.565. The van der Waals surface area contributed by atoms with Crippen LogP contribution in [0.4, 0.5) is 4.39 Å². The Kier molecular flexibility index (Phi) is 3.24. The third kappa shape index (κ3) is 1.96. The number of halogens is 1. The predicted molar refractivity (Wildman–Crippen MR) is 67.5 cm³/mol. The Morgan fingerprint density at radius 1 is 1.53 bits per heavy atom. The van der Waals surface area contributed by atoms with E-state index in [0.717, 1.165) is 29.4 Å². The number of benzene rings is 1. The molecule has 17 heavy (non-hydrogen) atoms. The van der Waals surface area contributed by atoms with Gasteiger partial charge in [0.25, 0.3) is 0 Å². The number of hydrogen-bond donors (Lipinski definition) is 3. The fourth-order valence-corrected chi connectivity index (χ4v) is 2.26. The normalized spacial score (nSPS) is 15.5. The second-order valence-corrected chi connectivity index (χ2v) is 4.21. The lowest BCUT2D eigenvalue weighted by Gasteiger charge is -2.22. The van der Waals surface area contributed by atoms with Crippen LogP contribution in [0.25, 0.3) is 5.57 Å². The van der Waals surface area contributed by atoms with E-state index in [1.807, 2.05) is 6.92 Å². The highest BCUT2D eigenvalue weighted by Crippen LogP contribution is 2.27. The van der Waals surface area contributed by atoms with E-state index in [-0.39, 0.29) is 5.82 Å². The molecule has 0 unspecified atom stereocenters. The summed E-state index contributed by atoms with van der Waals surface area (Å²) in [4.78, 5) is 0. The van der Waals surface area contributed by atoms with Gasteiger partial charge in [-0.3, -0.25) is 0 Å². The summed E-state index contributed by atoms with van der Waals surface area (Å²) in [6, 6.07) is 1.77. The first-order valence-electron chi connectivity index (χ1n) is 5.63. The van der Waals surface area contributed by atoms with E-state index in [1.165, 1.54) is 6.20 Å². The lowest BCUT2D eigenvalue weighted by Crippen LogP contribution is -2.26. The molecule has 0 atom stereocenters. The van der Waals surface area contributed by atoms with Crippen molar-refractivity contribution in [3.63, 3.8) is 0 Å². The van der Waals surface area contributed by atoms with Gasteiger partial charge in [-0.2, -0.15) is 0 Å². The molecule has 1 aromatic rings. The first-order chi connectivity index (χ1) is 8.19. The first kappa shape index (κ1) is 11.8. The number of allylic oxidation sites excluding steroid dienone is 1. The zero-order valence-electron chi connectivity index (χ0n) is 9.81. The average molecular weight is 233 g/mol. The molecule has 0 spiro atoms. The van der Waals surface area contributed by atoms with E-state index >= 15 is 0 Å². The van der Waals surface area contributed by atoms with Crippen molar-refractivity contribution in [2.45, 2.75) is 19.9 Å². The van der Waals surface area contributed by atoms with Crippen LogP contribution in [0.1, 0.15) is 22.3 Å². The third-order valence-corrected chi connectivity index (χ3v) is 3.20. The Bertz CT molecular complexity index is 492. The fraction of sp³-hybridized carbons (Fsp3) is 0.308. The van der Waals surface area contributed by atoms with E-state index in [2.05, 4.69) is 5.32 Å². The monoisotopic (exact) mass is 233 g/mol. The minimum atomic E-state index is -0.229. The van der Waals surface area contributed by atoms with Crippen LogP contribution in [0, 0.1) is 18.2 Å². The van der Waals surface area contributed by atoms with Crippen molar-refractivity contribution in [1.82, 2.24) is 5.32 Å². The van der Waals surface area contributed by atoms with Crippen LogP contribution < -0.4 is 11.1 Å². The molecule has 4 N–H and O–H groups in total. The molecule has 90 valence electrons. The largest absolute Gasteiger partial charge is 0.404 e. The lowest BCUT2D eigenvalue weighted by atomic mass is 9.91. The first-order valence-corrected chi connectivity index (χ1v) is 5.63. The van der Waals surface area contributed by atoms with Gasteiger partial charge in [-0.25, -0.2) is 4.39 Å². The third-order valence-electron chi connectivity index (χ3n) is 3.20. The van der Waals surface area contributed by atoms with Crippen LogP contribution >= 0.6 is 0 Å². The zero-order chi connectivity index (χ0) is 12.4. The Balaban J connectivity index is 2.63. The number of rotatable bonds is 2. The van der Waals surface area contributed by atoms with Gasteiger partial charge in [-0.1, -0.05) is 0 Å². The summed E-state index contributed by atoms with van der Waals surface area (Å²) < 4.78 is 14.3. The highest BCUT2D eigenvalue weighted by molar-refractivity contribution is 6.08. The Labute approximate surface area is 100 Å². The second kappa shape index (κ2) is 4.67. The summed E-state index contributed by atoms with van der Waals surface area (Å²) in [5.41, 5.74) is 9.12. The van der Waals surface area contributed by atoms with Gasteiger partial charge in [-0.05, 0) is 42.6 Å². The van der Waals surface area contributed by atoms with Crippen molar-refractivity contribution in [1.29, 1.82) is 5.41 Å². The van der Waals surface area contributed by atoms with Crippen LogP contribution in [0.15, 0.2) is 12.3 Å². The molecule has 3 nitrogen and oxygen atoms in total. The van der Waals surface area contributed by atoms with Crippen molar-refractivity contribution in [3.8, 4) is 0 Å². The van der Waals surface area contributed by atoms with Crippen molar-refractivity contribution in [2.75, 3.05) is 6.54 Å². The molecular weight excluding hydrogens is 217 g/mol. The van der Waals surface area contributed by atoms with Gasteiger partial charge >= 0.3 is 0 Å². The molecule has 0 radical (unpaired) electrons. The summed E-state index contributed by atoms with van der Waals surface area (Å²) in [5.74, 6) is -0.229. The molecule has 0 aliphatic carbocycles. The molecule has 0 saturated heterocycles. The highest BCUT2D eigenvalue weighted by atomic mass is 19.1. The second-order valence-electron chi connectivity index (χ2n) is 4.21. The summed E-state index contributed by atoms with van der Waals surface area (Å²) in [5, 5.41) is 10.5. The number of nitrogens with two attached hydrogens (primary N) is 1. The van der Waals surface area contributed by atoms with Gasteiger partial charge in [0.05, 0.1) is 0 Å². The van der Waals surface area contributed by atoms with E-state index in [9.17, 15) is 4.39 Å². The molecule has 0 saturated carbocycles. The molecule has 0 aromatic heterocycles. The van der Waals surface area contributed by atoms with Gasteiger partial charge in [0, 0.05) is 30.1 Å². The standard InChI is InChI=1S/C13H16FN3/c1-8-4-11(9(5-15)6-16)13(14)10-2-3-17-7-12(8)10/h4-6,15,17H,2-3,7,16H2,1H3/b9-6+,15-5?. The SMILES string of the molecule is Cc1cc(/C(C=N)=C/N)c(F)c2c1CNCC2. The van der Waals surface area contributed by atoms with E-state index in [1.54, 1.807) is 6.07 Å². The summed E-state index contributed by atoms with van der Waals surface area (Å²) in [6.07, 6.45) is 3.05. The Morgan fingerprint density at radius 2 is 2.29 bits per heavy atom. The number of fused-ring (bicyclic) bond motifs is 1. The molecule has 0 fully saturated rings. The van der Waals surface area contributed by atoms with Gasteiger partial charge in [-0.15, -0.1) is 0 Å². The minimum absolute atomic E-state index is 0.229. The highest BCUT2D eigenvalue weighted by Gasteiger charge is 2.19. The topological polar surface area (TPSA) is 61.9 Å². The van der Waals surface area contributed by atoms with Gasteiger partial charge < -0.3 is 16.5 Å². The molecular formula is C13H16FN3. The maximum Gasteiger partial charge on any atom is 0.134 e. The average Bonchev–Trinajstić information content (AvgIpc) is 2.37. The fourth-order valence-electron chi connectivity index (χ4n) is 2.26. The summed E-state index contributed by atoms with van der Waals surface area (Å²) in [7, 11) is 0. The molecule has 0 bridgehead atoms. The van der Waals surface area contributed by atoms with Crippen LogP contribution in [0.2, 0.25) is 0 Å². The molecule has 1 aliphatic heterocycles. The summed E-state index contributed by atoms with van der Waals surface area (Å²) >= 11 is 0. The van der Waals surface area contributed by atoms with Crippen molar-refractivity contribution in [3.05, 3.63) is 40.3 Å². The number of aryl methyl sites for hydroxylation is 1. The predicted octanol–water partition coefficient (Wildman–Crippen LogP) is 1.73. The smallest absolute Gasteiger partial charge is 0.134 e. The molecule has 4 heteroatoms. The maximum absolute atomic E-state index is 14.3. The number of nitrogens with one attached hydrogen (secondary N) is 2. The van der Waals surface area contributed by atoms with Crippen molar-refractivity contribution in [2.24, 2.45) is 5.73 Å². The molecule has 0 amide bonds. The quantitative estimate of drug-likeness (QED) is 0.681. The minimum Gasteiger partial charge on any atom is -0.404 e. The molecule has 1 aliphatic rings. The molecule has 1 aromatic carbocycles. The van der Waals surface area contributed by atoms with E-state index in [0.29, 0.717) is 24.1 Å². The van der Waals surface area contributed by atoms with Crippen molar-refractivity contribution >= 4 is 11.8 Å². The zero-order valence-corrected chi connectivity index (χ0v) is 9.81. The van der Waals surface area contributed by atoms with Gasteiger partial charge in [0.1, 0.15) is 5.82 Å². The van der Waals surface area contributed by atoms with Gasteiger partial charge in [0.2, 0.25) is 0 Å². The van der Waals surface area contributed by atoms with Crippen LogP contribution in [-0.4, -0.2) is 12.8 Å². The van der Waals surface area contributed by atoms with Gasteiger partial charge in [0.15, 0.2) is 0 Å². The number of hydrogen-bond acceptors (Lipinski definition) is 3. The van der Waals surface area contributed by atoms with Crippen LogP contribution in [0.3, 0.4) is 0 Å². The van der Waals surface area contributed by atoms with Crippen LogP contribution in [0.5, 0.6) is 0 Å². The maximum atomic E-state index is 14.3. The summed E-state index contributed by atoms with van der Waals surface area (Å²) in [6.45, 7) is 3.47.